The molecule has 4 aliphatic heterocycles. The number of hydrogen-bond donors (Lipinski definition) is 0. The van der Waals surface area contributed by atoms with E-state index in [1.54, 1.807) is 0 Å². The van der Waals surface area contributed by atoms with Crippen LogP contribution in [-0.2, 0) is 23.2 Å². The van der Waals surface area contributed by atoms with Gasteiger partial charge in [-0.1, -0.05) is 344 Å². The van der Waals surface area contributed by atoms with Crippen LogP contribution in [0.15, 0.2) is 207 Å². The number of nitrogens with zero attached hydrogens (tertiary/aromatic N) is 2. The molecular formula is C110H138N2O10P2+2. The second-order valence-electron chi connectivity index (χ2n) is 36.3. The minimum atomic E-state index is -4.42. The van der Waals surface area contributed by atoms with Crippen molar-refractivity contribution in [2.75, 3.05) is 0 Å². The normalized spacial score (nSPS) is 19.4. The summed E-state index contributed by atoms with van der Waals surface area (Å²) in [6.45, 7) is 9.17. The molecule has 0 spiro atoms. The lowest BCUT2D eigenvalue weighted by molar-refractivity contribution is -0.671. The molecule has 8 bridgehead atoms. The number of ether oxygens (including phenoxy) is 4. The van der Waals surface area contributed by atoms with Gasteiger partial charge >= 0.3 is 15.2 Å². The summed E-state index contributed by atoms with van der Waals surface area (Å²) in [6, 6.07) is 62.6. The molecule has 2 aromatic heterocycles. The fraction of sp³-hybridized carbons (Fsp3) is 0.473. The molecule has 6 heterocycles. The summed E-state index contributed by atoms with van der Waals surface area (Å²) < 4.78 is 99.9. The van der Waals surface area contributed by atoms with Crippen LogP contribution in [0.3, 0.4) is 0 Å². The van der Waals surface area contributed by atoms with E-state index in [2.05, 4.69) is 174 Å². The van der Waals surface area contributed by atoms with E-state index in [1.807, 2.05) is 83.9 Å². The molecule has 1 aliphatic carbocycles. The molecule has 10 aromatic rings. The number of aromatic nitrogens is 2. The maximum absolute atomic E-state index is 17.3. The first-order valence-electron chi connectivity index (χ1n) is 48.5. The van der Waals surface area contributed by atoms with E-state index in [0.717, 1.165) is 181 Å². The monoisotopic (exact) mass is 1710 g/mol. The van der Waals surface area contributed by atoms with Gasteiger partial charge in [0.1, 0.15) is 60.1 Å². The highest BCUT2D eigenvalue weighted by atomic mass is 31.2. The minimum absolute atomic E-state index is 0.322. The summed E-state index contributed by atoms with van der Waals surface area (Å²) in [7, 11) is -4.77. The van der Waals surface area contributed by atoms with E-state index in [1.165, 1.54) is 154 Å². The van der Waals surface area contributed by atoms with Gasteiger partial charge < -0.3 is 37.0 Å². The third kappa shape index (κ3) is 22.5. The quantitative estimate of drug-likeness (QED) is 0.0207. The summed E-state index contributed by atoms with van der Waals surface area (Å²) in [5.41, 5.74) is 13.6. The minimum Gasteiger partial charge on any atom is -0.450 e. The van der Waals surface area contributed by atoms with Crippen LogP contribution in [0.1, 0.15) is 376 Å². The first kappa shape index (κ1) is 89.7. The smallest absolute Gasteiger partial charge is 0.450 e. The van der Waals surface area contributed by atoms with Crippen molar-refractivity contribution in [2.24, 2.45) is 14.1 Å². The molecule has 0 radical (unpaired) electrons. The van der Waals surface area contributed by atoms with Crippen LogP contribution < -0.4 is 56.8 Å². The average molecular weight is 1710 g/mol. The van der Waals surface area contributed by atoms with Crippen molar-refractivity contribution in [3.05, 3.63) is 262 Å². The van der Waals surface area contributed by atoms with Gasteiger partial charge in [-0.25, -0.2) is 18.3 Å². The molecule has 656 valence electrons. The zero-order valence-electron chi connectivity index (χ0n) is 75.2. The molecule has 5 aliphatic rings. The van der Waals surface area contributed by atoms with E-state index in [9.17, 15) is 0 Å². The molecule has 12 nitrogen and oxygen atoms in total. The van der Waals surface area contributed by atoms with E-state index >= 15 is 9.13 Å². The number of aryl methyl sites for hydroxylation is 2. The number of benzene rings is 8. The number of hydrogen-bond acceptors (Lipinski definition) is 10. The Morgan fingerprint density at radius 3 is 0.685 bits per heavy atom. The molecule has 0 N–H and O–H groups in total. The molecule has 0 saturated carbocycles. The first-order chi connectivity index (χ1) is 60.9. The molecule has 124 heavy (non-hydrogen) atoms. The molecule has 0 saturated heterocycles. The van der Waals surface area contributed by atoms with E-state index in [0.29, 0.717) is 56.6 Å². The number of pyridine rings is 2. The van der Waals surface area contributed by atoms with Crippen molar-refractivity contribution in [3.8, 4) is 68.2 Å². The van der Waals surface area contributed by atoms with E-state index in [4.69, 9.17) is 37.0 Å². The van der Waals surface area contributed by atoms with Gasteiger partial charge in [-0.2, -0.15) is 0 Å². The van der Waals surface area contributed by atoms with Crippen LogP contribution in [0, 0.1) is 0 Å². The zero-order chi connectivity index (χ0) is 85.5. The molecule has 0 unspecified atom stereocenters. The Hall–Kier alpha value is -9.08. The van der Waals surface area contributed by atoms with Gasteiger partial charge in [-0.05, 0) is 96.5 Å². The van der Waals surface area contributed by atoms with Gasteiger partial charge in [0.15, 0.2) is 24.8 Å². The molecular weight excluding hydrogens is 1570 g/mol. The Morgan fingerprint density at radius 1 is 0.242 bits per heavy atom. The van der Waals surface area contributed by atoms with Gasteiger partial charge in [0, 0.05) is 128 Å². The standard InChI is InChI=1S/C110H138N2O10P2/c1-7-11-15-19-23-27-31-35-45-53-89-93-73-97-91(55-47-37-33-29-25-21-17-13-9-3)99-75-95-90(54-46-36-32-28-24-20-16-12-8-2)96-76-100-92(56-48-38-34-30-26-22-18-14-10-4)98-74-94(89)102-78-106(98)120-124(114,88-51-43-40-44-52-88)122-108(100)80-104(96)118-110(86-63-59-82(60-64-86)84-67-71-112(6)72-68-84)117-103(95)79-107(99)121-123(113,87-49-41-39-42-50-87)119-105(97)77-101(93)115-109(116-102)85-61-57-81(58-62-85)83-65-69-111(5)70-66-83/h39-44,49-52,57-80,89-92,109-110H,7-38,45-48,53-56H2,1-6H3/q+2. The third-order valence-electron chi connectivity index (χ3n) is 26.9. The van der Waals surface area contributed by atoms with Crippen LogP contribution in [-0.4, -0.2) is 0 Å². The first-order valence-corrected chi connectivity index (χ1v) is 51.6. The molecule has 0 fully saturated rings. The van der Waals surface area contributed by atoms with Crippen molar-refractivity contribution < 1.29 is 55.3 Å². The van der Waals surface area contributed by atoms with Crippen LogP contribution in [0.2, 0.25) is 0 Å². The number of unbranched alkanes of at least 4 members (excludes halogenated alkanes) is 32. The van der Waals surface area contributed by atoms with Crippen molar-refractivity contribution in [1.29, 1.82) is 0 Å². The van der Waals surface area contributed by atoms with Gasteiger partial charge in [0.25, 0.3) is 12.6 Å². The van der Waals surface area contributed by atoms with Crippen LogP contribution >= 0.6 is 15.2 Å². The Balaban J connectivity index is 1.01. The zero-order valence-corrected chi connectivity index (χ0v) is 77.0. The number of rotatable bonds is 46. The molecule has 15 rings (SSSR count). The largest absolute Gasteiger partial charge is 0.462 e. The Bertz CT molecular complexity index is 4690. The lowest BCUT2D eigenvalue weighted by atomic mass is 9.76. The summed E-state index contributed by atoms with van der Waals surface area (Å²) in [5.74, 6) is 2.83. The third-order valence-corrected chi connectivity index (χ3v) is 30.5. The van der Waals surface area contributed by atoms with Crippen molar-refractivity contribution >= 4 is 25.8 Å². The Labute approximate surface area is 742 Å². The maximum atomic E-state index is 17.3. The summed E-state index contributed by atoms with van der Waals surface area (Å²) >= 11 is 0. The molecule has 8 aromatic carbocycles. The SMILES string of the molecule is CCCCCCCCCCCC1c2cc3c4cc2OC(c2ccc(-c5cc[n+](C)cc5)cc2)Oc2cc5c(cc21)C(CCCCCCCCCCC)c1cc2c(cc1OP(=O)(c1ccccc1)O5)OC(c1ccc(-c5cc[n+](C)cc5)cc1)Oc1cc(c(cc1C2CCCCCCCCCCC)C3CCCCCCCCCCC)OP(=O)(c1ccccc1)O4. The van der Waals surface area contributed by atoms with Crippen molar-refractivity contribution in [3.63, 3.8) is 0 Å². The van der Waals surface area contributed by atoms with Crippen LogP contribution in [0.4, 0.5) is 0 Å². The fourth-order valence-corrected chi connectivity index (χ4v) is 22.9. The molecule has 14 heteroatoms. The van der Waals surface area contributed by atoms with Gasteiger partial charge in [0.2, 0.25) is 0 Å². The van der Waals surface area contributed by atoms with Crippen molar-refractivity contribution in [2.45, 2.75) is 321 Å². The Kier molecular flexibility index (Phi) is 32.1. The topological polar surface area (TPSA) is 116 Å². The highest BCUT2D eigenvalue weighted by Crippen LogP contribution is 2.63. The fourth-order valence-electron chi connectivity index (χ4n) is 19.7. The van der Waals surface area contributed by atoms with Gasteiger partial charge in [-0.3, -0.25) is 0 Å². The van der Waals surface area contributed by atoms with Crippen LogP contribution in [0.25, 0.3) is 22.3 Å². The second kappa shape index (κ2) is 44.4. The average Bonchev–Trinajstić information content (AvgIpc) is 0.722. The lowest BCUT2D eigenvalue weighted by Gasteiger charge is -2.38. The van der Waals surface area contributed by atoms with Gasteiger partial charge in [-0.15, -0.1) is 0 Å². The lowest BCUT2D eigenvalue weighted by Crippen LogP contribution is -2.25. The molecule has 0 amide bonds. The molecule has 0 atom stereocenters. The second-order valence-corrected chi connectivity index (χ2v) is 40.1. The summed E-state index contributed by atoms with van der Waals surface area (Å²) in [6.07, 6.45) is 51.4. The summed E-state index contributed by atoms with van der Waals surface area (Å²) in [4.78, 5) is 0. The van der Waals surface area contributed by atoms with Crippen molar-refractivity contribution in [1.82, 2.24) is 0 Å². The van der Waals surface area contributed by atoms with E-state index < -0.39 is 27.8 Å². The summed E-state index contributed by atoms with van der Waals surface area (Å²) in [5, 5.41) is 0.851. The van der Waals surface area contributed by atoms with Crippen LogP contribution in [0.5, 0.6) is 46.0 Å². The predicted octanol–water partition coefficient (Wildman–Crippen LogP) is 30.7. The Morgan fingerprint density at radius 2 is 0.452 bits per heavy atom. The predicted molar refractivity (Wildman–Crippen MR) is 504 cm³/mol. The highest BCUT2D eigenvalue weighted by Gasteiger charge is 2.45. The highest BCUT2D eigenvalue weighted by molar-refractivity contribution is 7.63. The van der Waals surface area contributed by atoms with Gasteiger partial charge in [0.05, 0.1) is 10.6 Å². The maximum Gasteiger partial charge on any atom is 0.462 e. The van der Waals surface area contributed by atoms with E-state index in [-0.39, 0.29) is 23.7 Å².